The number of rotatable bonds is 6. The van der Waals surface area contributed by atoms with Crippen LogP contribution in [-0.2, 0) is 10.0 Å². The Hall–Kier alpha value is -2.83. The van der Waals surface area contributed by atoms with Crippen molar-refractivity contribution in [3.05, 3.63) is 94.0 Å². The Morgan fingerprint density at radius 3 is 2.37 bits per heavy atom. The second-order valence-electron chi connectivity index (χ2n) is 7.20. The van der Waals surface area contributed by atoms with E-state index in [1.807, 2.05) is 32.9 Å². The van der Waals surface area contributed by atoms with Crippen LogP contribution in [0.5, 0.6) is 0 Å². The Morgan fingerprint density at radius 2 is 1.67 bits per heavy atom. The third-order valence-electron chi connectivity index (χ3n) is 4.75. The third kappa shape index (κ3) is 5.20. The van der Waals surface area contributed by atoms with Crippen molar-refractivity contribution < 1.29 is 13.2 Å². The van der Waals surface area contributed by atoms with Crippen LogP contribution in [0.4, 0.5) is 5.69 Å². The number of nitrogens with one attached hydrogen (secondary N) is 2. The van der Waals surface area contributed by atoms with E-state index in [1.165, 1.54) is 30.3 Å². The summed E-state index contributed by atoms with van der Waals surface area (Å²) in [6, 6.07) is 18.2. The maximum atomic E-state index is 12.7. The highest BCUT2D eigenvalue weighted by molar-refractivity contribution is 7.92. The number of carbonyl (C=O) groups excluding carboxylic acids is 1. The molecule has 0 aliphatic carbocycles. The van der Waals surface area contributed by atoms with Crippen LogP contribution < -0.4 is 10.0 Å². The van der Waals surface area contributed by atoms with Crippen LogP contribution in [0.3, 0.4) is 0 Å². The highest BCUT2D eigenvalue weighted by Gasteiger charge is 2.17. The predicted octanol–water partition coefficient (Wildman–Crippen LogP) is 5.25. The van der Waals surface area contributed by atoms with Gasteiger partial charge >= 0.3 is 0 Å². The summed E-state index contributed by atoms with van der Waals surface area (Å²) in [6.45, 7) is 5.93. The second kappa shape index (κ2) is 8.90. The smallest absolute Gasteiger partial charge is 0.261 e. The summed E-state index contributed by atoms with van der Waals surface area (Å²) in [6.07, 6.45) is 0. The molecule has 5 nitrogen and oxygen atoms in total. The highest BCUT2D eigenvalue weighted by Crippen LogP contribution is 2.21. The lowest BCUT2D eigenvalue weighted by Crippen LogP contribution is -2.27. The molecule has 0 aliphatic heterocycles. The summed E-state index contributed by atoms with van der Waals surface area (Å²) in [5, 5.41) is 3.43. The molecule has 156 valence electrons. The lowest BCUT2D eigenvalue weighted by Gasteiger charge is -2.18. The zero-order valence-corrected chi connectivity index (χ0v) is 18.5. The first kappa shape index (κ1) is 21.9. The van der Waals surface area contributed by atoms with E-state index in [9.17, 15) is 13.2 Å². The first-order valence-corrected chi connectivity index (χ1v) is 11.3. The van der Waals surface area contributed by atoms with Crippen LogP contribution >= 0.6 is 11.6 Å². The van der Waals surface area contributed by atoms with Gasteiger partial charge < -0.3 is 5.32 Å². The molecule has 0 fully saturated rings. The minimum Gasteiger partial charge on any atom is -0.346 e. The molecule has 0 saturated carbocycles. The largest absolute Gasteiger partial charge is 0.346 e. The van der Waals surface area contributed by atoms with Crippen LogP contribution in [0.1, 0.15) is 40.0 Å². The molecule has 2 N–H and O–H groups in total. The summed E-state index contributed by atoms with van der Waals surface area (Å²) in [5.41, 5.74) is 3.93. The fraction of sp³-hybridized carbons (Fsp3) is 0.174. The van der Waals surface area contributed by atoms with E-state index in [-0.39, 0.29) is 16.8 Å². The molecule has 0 unspecified atom stereocenters. The molecule has 0 aromatic heterocycles. The third-order valence-corrected chi connectivity index (χ3v) is 6.40. The second-order valence-corrected chi connectivity index (χ2v) is 9.31. The topological polar surface area (TPSA) is 75.3 Å². The normalized spacial score (nSPS) is 12.3. The Kier molecular flexibility index (Phi) is 6.48. The van der Waals surface area contributed by atoms with Gasteiger partial charge in [0.25, 0.3) is 15.9 Å². The quantitative estimate of drug-likeness (QED) is 0.547. The fourth-order valence-electron chi connectivity index (χ4n) is 3.14. The van der Waals surface area contributed by atoms with Crippen LogP contribution in [-0.4, -0.2) is 14.3 Å². The number of halogens is 1. The maximum absolute atomic E-state index is 12.7. The van der Waals surface area contributed by atoms with Gasteiger partial charge in [0.1, 0.15) is 0 Å². The maximum Gasteiger partial charge on any atom is 0.261 e. The number of hydrogen-bond donors (Lipinski definition) is 2. The molecular weight excluding hydrogens is 420 g/mol. The molecule has 0 saturated heterocycles. The van der Waals surface area contributed by atoms with Crippen molar-refractivity contribution in [2.24, 2.45) is 0 Å². The van der Waals surface area contributed by atoms with Gasteiger partial charge in [-0.2, -0.15) is 0 Å². The summed E-state index contributed by atoms with van der Waals surface area (Å²) < 4.78 is 27.6. The first-order valence-electron chi connectivity index (χ1n) is 9.42. The van der Waals surface area contributed by atoms with Gasteiger partial charge in [0.15, 0.2) is 0 Å². The molecule has 7 heteroatoms. The number of amides is 1. The Balaban J connectivity index is 1.77. The SMILES string of the molecule is Cc1ccc(C)c([C@H](C)NC(=O)c2cccc(NS(=O)(=O)c3ccc(Cl)cc3)c2)c1. The minimum absolute atomic E-state index is 0.0882. The van der Waals surface area contributed by atoms with Crippen LogP contribution in [0.15, 0.2) is 71.6 Å². The van der Waals surface area contributed by atoms with Gasteiger partial charge in [0.2, 0.25) is 0 Å². The van der Waals surface area contributed by atoms with E-state index in [2.05, 4.69) is 16.1 Å². The van der Waals surface area contributed by atoms with Crippen molar-refractivity contribution in [1.82, 2.24) is 5.32 Å². The summed E-state index contributed by atoms with van der Waals surface area (Å²) in [5.74, 6) is -0.282. The first-order chi connectivity index (χ1) is 14.2. The van der Waals surface area contributed by atoms with E-state index in [0.717, 1.165) is 16.7 Å². The molecule has 3 aromatic rings. The van der Waals surface area contributed by atoms with Crippen molar-refractivity contribution in [2.45, 2.75) is 31.7 Å². The lowest BCUT2D eigenvalue weighted by atomic mass is 9.99. The van der Waals surface area contributed by atoms with E-state index in [4.69, 9.17) is 11.6 Å². The number of hydrogen-bond acceptors (Lipinski definition) is 3. The van der Waals surface area contributed by atoms with Crippen molar-refractivity contribution in [1.29, 1.82) is 0 Å². The summed E-state index contributed by atoms with van der Waals surface area (Å²) in [7, 11) is -3.79. The van der Waals surface area contributed by atoms with E-state index in [1.54, 1.807) is 18.2 Å². The Bertz CT molecular complexity index is 1180. The van der Waals surface area contributed by atoms with Crippen LogP contribution in [0.25, 0.3) is 0 Å². The predicted molar refractivity (Wildman–Crippen MR) is 120 cm³/mol. The van der Waals surface area contributed by atoms with Crippen molar-refractivity contribution in [2.75, 3.05) is 4.72 Å². The molecule has 0 spiro atoms. The van der Waals surface area contributed by atoms with Crippen LogP contribution in [0.2, 0.25) is 5.02 Å². The average Bonchev–Trinajstić information content (AvgIpc) is 2.70. The van der Waals surface area contributed by atoms with Gasteiger partial charge in [-0.25, -0.2) is 8.42 Å². The molecule has 0 aliphatic rings. The average molecular weight is 443 g/mol. The van der Waals surface area contributed by atoms with Gasteiger partial charge in [0, 0.05) is 16.3 Å². The number of sulfonamides is 1. The molecule has 3 aromatic carbocycles. The van der Waals surface area contributed by atoms with E-state index < -0.39 is 10.0 Å². The van der Waals surface area contributed by atoms with Gasteiger partial charge in [-0.1, -0.05) is 41.4 Å². The Morgan fingerprint density at radius 1 is 0.967 bits per heavy atom. The van der Waals surface area contributed by atoms with Crippen molar-refractivity contribution in [3.63, 3.8) is 0 Å². The molecule has 0 radical (unpaired) electrons. The summed E-state index contributed by atoms with van der Waals surface area (Å²) >= 11 is 5.82. The molecule has 3 rings (SSSR count). The molecule has 0 heterocycles. The van der Waals surface area contributed by atoms with Gasteiger partial charge in [-0.3, -0.25) is 9.52 Å². The fourth-order valence-corrected chi connectivity index (χ4v) is 4.31. The zero-order valence-electron chi connectivity index (χ0n) is 16.9. The standard InChI is InChI=1S/C23H23ClN2O3S/c1-15-7-8-16(2)22(13-15)17(3)25-23(27)18-5-4-6-20(14-18)26-30(28,29)21-11-9-19(24)10-12-21/h4-14,17,26H,1-3H3,(H,25,27)/t17-/m0/s1. The van der Waals surface area contributed by atoms with Crippen molar-refractivity contribution >= 4 is 33.2 Å². The number of anilines is 1. The van der Waals surface area contributed by atoms with Crippen LogP contribution in [0, 0.1) is 13.8 Å². The zero-order chi connectivity index (χ0) is 21.9. The van der Waals surface area contributed by atoms with Crippen molar-refractivity contribution in [3.8, 4) is 0 Å². The lowest BCUT2D eigenvalue weighted by molar-refractivity contribution is 0.0940. The highest BCUT2D eigenvalue weighted by atomic mass is 35.5. The molecular formula is C23H23ClN2O3S. The van der Waals surface area contributed by atoms with Gasteiger partial charge in [-0.15, -0.1) is 0 Å². The van der Waals surface area contributed by atoms with E-state index >= 15 is 0 Å². The number of benzene rings is 3. The Labute approximate surface area is 182 Å². The molecule has 1 atom stereocenters. The summed E-state index contributed by atoms with van der Waals surface area (Å²) in [4.78, 5) is 12.8. The number of aryl methyl sites for hydroxylation is 2. The monoisotopic (exact) mass is 442 g/mol. The van der Waals surface area contributed by atoms with Gasteiger partial charge in [0.05, 0.1) is 10.9 Å². The molecule has 1 amide bonds. The minimum atomic E-state index is -3.79. The molecule has 30 heavy (non-hydrogen) atoms. The number of carbonyl (C=O) groups is 1. The van der Waals surface area contributed by atoms with E-state index in [0.29, 0.717) is 16.3 Å². The molecule has 0 bridgehead atoms. The van der Waals surface area contributed by atoms with Gasteiger partial charge in [-0.05, 0) is 74.4 Å².